The van der Waals surface area contributed by atoms with Gasteiger partial charge in [0.25, 0.3) is 5.69 Å². The average Bonchev–Trinajstić information content (AvgIpc) is 2.41. The number of carbonyl (C=O) groups is 1. The maximum Gasteiger partial charge on any atom is 0.291 e. The van der Waals surface area contributed by atoms with Crippen molar-refractivity contribution >= 4 is 5.78 Å². The highest BCUT2D eigenvalue weighted by atomic mass is 16.8. The summed E-state index contributed by atoms with van der Waals surface area (Å²) in [6.45, 7) is 3.56. The number of hydrogen-bond donors (Lipinski definition) is 0. The van der Waals surface area contributed by atoms with Gasteiger partial charge in [0.1, 0.15) is 0 Å². The van der Waals surface area contributed by atoms with Crippen LogP contribution in [0.2, 0.25) is 0 Å². The standard InChI is InChI=1S/C7H6N2O3/c1-4-2-3-5-6(7(4)10)8-12-9(5)11/h1-3H2. The van der Waals surface area contributed by atoms with Crippen LogP contribution in [0.5, 0.6) is 0 Å². The van der Waals surface area contributed by atoms with Crippen LogP contribution in [0.25, 0.3) is 0 Å². The van der Waals surface area contributed by atoms with Crippen molar-refractivity contribution in [3.8, 4) is 0 Å². The number of rotatable bonds is 0. The summed E-state index contributed by atoms with van der Waals surface area (Å²) in [5.41, 5.74) is 0.907. The monoisotopic (exact) mass is 166 g/mol. The first-order chi connectivity index (χ1) is 5.70. The number of aromatic nitrogens is 2. The first-order valence-corrected chi connectivity index (χ1v) is 3.51. The molecule has 12 heavy (non-hydrogen) atoms. The SMILES string of the molecule is C=C1CCc2c(no[n+]2[O-])C1=O. The molecule has 62 valence electrons. The third kappa shape index (κ3) is 0.761. The minimum Gasteiger partial charge on any atom is -0.359 e. The van der Waals surface area contributed by atoms with E-state index in [1.165, 1.54) is 0 Å². The van der Waals surface area contributed by atoms with Gasteiger partial charge >= 0.3 is 0 Å². The van der Waals surface area contributed by atoms with Gasteiger partial charge in [0.2, 0.25) is 11.5 Å². The lowest BCUT2D eigenvalue weighted by molar-refractivity contribution is -0.807. The van der Waals surface area contributed by atoms with E-state index in [1.54, 1.807) is 0 Å². The molecule has 1 aliphatic rings. The van der Waals surface area contributed by atoms with Gasteiger partial charge in [-0.15, -0.1) is 0 Å². The van der Waals surface area contributed by atoms with Crippen LogP contribution in [0.3, 0.4) is 0 Å². The Kier molecular flexibility index (Phi) is 1.27. The molecule has 0 N–H and O–H groups in total. The van der Waals surface area contributed by atoms with Gasteiger partial charge in [0, 0.05) is 6.42 Å². The Labute approximate surface area is 67.8 Å². The first-order valence-electron chi connectivity index (χ1n) is 3.51. The van der Waals surface area contributed by atoms with Crippen LogP contribution >= 0.6 is 0 Å². The summed E-state index contributed by atoms with van der Waals surface area (Å²) in [6, 6.07) is 0. The molecule has 0 saturated heterocycles. The van der Waals surface area contributed by atoms with E-state index in [1.807, 2.05) is 0 Å². The summed E-state index contributed by atoms with van der Waals surface area (Å²) >= 11 is 0. The summed E-state index contributed by atoms with van der Waals surface area (Å²) in [5, 5.41) is 14.2. The van der Waals surface area contributed by atoms with Crippen molar-refractivity contribution in [1.29, 1.82) is 0 Å². The van der Waals surface area contributed by atoms with Gasteiger partial charge < -0.3 is 5.21 Å². The van der Waals surface area contributed by atoms with Crippen molar-refractivity contribution in [2.45, 2.75) is 12.8 Å². The number of hydrogen-bond acceptors (Lipinski definition) is 4. The molecule has 5 heteroatoms. The Morgan fingerprint density at radius 1 is 1.58 bits per heavy atom. The normalized spacial score (nSPS) is 16.3. The lowest BCUT2D eigenvalue weighted by Crippen LogP contribution is -2.31. The number of allylic oxidation sites excluding steroid dienone is 1. The van der Waals surface area contributed by atoms with E-state index in [2.05, 4.69) is 16.4 Å². The predicted molar refractivity (Wildman–Crippen MR) is 37.3 cm³/mol. The van der Waals surface area contributed by atoms with Crippen molar-refractivity contribution in [2.24, 2.45) is 0 Å². The van der Waals surface area contributed by atoms with Gasteiger partial charge in [-0.3, -0.25) is 9.42 Å². The molecule has 0 bridgehead atoms. The van der Waals surface area contributed by atoms with Crippen LogP contribution in [0.4, 0.5) is 0 Å². The molecule has 0 fully saturated rings. The summed E-state index contributed by atoms with van der Waals surface area (Å²) in [6.07, 6.45) is 0.988. The molecule has 0 radical (unpaired) electrons. The van der Waals surface area contributed by atoms with Gasteiger partial charge in [0.15, 0.2) is 0 Å². The quantitative estimate of drug-likeness (QED) is 0.401. The molecule has 1 aliphatic carbocycles. The predicted octanol–water partition coefficient (Wildman–Crippen LogP) is -0.00690. The molecule has 0 unspecified atom stereocenters. The lowest BCUT2D eigenvalue weighted by atomic mass is 9.96. The van der Waals surface area contributed by atoms with Crippen molar-refractivity contribution in [3.63, 3.8) is 0 Å². The Morgan fingerprint density at radius 2 is 2.33 bits per heavy atom. The molecule has 0 aliphatic heterocycles. The summed E-state index contributed by atoms with van der Waals surface area (Å²) < 4.78 is 4.29. The average molecular weight is 166 g/mol. The topological polar surface area (TPSA) is 70.0 Å². The highest BCUT2D eigenvalue weighted by Crippen LogP contribution is 2.19. The molecule has 0 spiro atoms. The fourth-order valence-electron chi connectivity index (χ4n) is 1.20. The van der Waals surface area contributed by atoms with E-state index in [-0.39, 0.29) is 16.4 Å². The molecular weight excluding hydrogens is 160 g/mol. The molecule has 2 rings (SSSR count). The van der Waals surface area contributed by atoms with Gasteiger partial charge in [-0.05, 0) is 16.9 Å². The Balaban J connectivity index is 2.57. The highest BCUT2D eigenvalue weighted by Gasteiger charge is 2.32. The first kappa shape index (κ1) is 7.02. The fraction of sp³-hybridized carbons (Fsp3) is 0.286. The number of carbonyl (C=O) groups excluding carboxylic acids is 1. The van der Waals surface area contributed by atoms with Crippen LogP contribution in [-0.4, -0.2) is 10.9 Å². The third-order valence-corrected chi connectivity index (χ3v) is 1.90. The molecule has 1 aromatic rings. The molecule has 0 saturated carbocycles. The molecule has 0 atom stereocenters. The van der Waals surface area contributed by atoms with Crippen LogP contribution in [-0.2, 0) is 6.42 Å². The molecule has 1 heterocycles. The largest absolute Gasteiger partial charge is 0.359 e. The van der Waals surface area contributed by atoms with E-state index in [0.717, 1.165) is 0 Å². The Bertz CT molecular complexity index is 367. The lowest BCUT2D eigenvalue weighted by Gasteiger charge is -2.05. The highest BCUT2D eigenvalue weighted by molar-refractivity contribution is 6.08. The molecule has 0 amide bonds. The molecular formula is C7H6N2O3. The number of fused-ring (bicyclic) bond motifs is 1. The summed E-state index contributed by atoms with van der Waals surface area (Å²) in [4.78, 5) is 11.5. The minimum atomic E-state index is -0.283. The van der Waals surface area contributed by atoms with Gasteiger partial charge in [-0.1, -0.05) is 6.58 Å². The van der Waals surface area contributed by atoms with E-state index < -0.39 is 0 Å². The second kappa shape index (κ2) is 2.17. The van der Waals surface area contributed by atoms with Crippen molar-refractivity contribution in [2.75, 3.05) is 0 Å². The molecule has 0 aromatic carbocycles. The van der Waals surface area contributed by atoms with Crippen molar-refractivity contribution < 1.29 is 14.3 Å². The molecule has 5 nitrogen and oxygen atoms in total. The van der Waals surface area contributed by atoms with Crippen LogP contribution in [0, 0.1) is 5.21 Å². The smallest absolute Gasteiger partial charge is 0.291 e. The van der Waals surface area contributed by atoms with Crippen molar-refractivity contribution in [1.82, 2.24) is 5.16 Å². The second-order valence-corrected chi connectivity index (χ2v) is 2.66. The zero-order valence-electron chi connectivity index (χ0n) is 6.24. The Morgan fingerprint density at radius 3 is 3.08 bits per heavy atom. The second-order valence-electron chi connectivity index (χ2n) is 2.66. The van der Waals surface area contributed by atoms with Crippen LogP contribution in [0.15, 0.2) is 16.8 Å². The number of ketones is 1. The number of Topliss-reactive ketones (excluding diaryl/α,β-unsaturated/α-hetero) is 1. The summed E-state index contributed by atoms with van der Waals surface area (Å²) in [7, 11) is 0. The summed E-state index contributed by atoms with van der Waals surface area (Å²) in [5.74, 6) is -0.283. The van der Waals surface area contributed by atoms with Gasteiger partial charge in [0.05, 0.1) is 5.16 Å². The molecule has 1 aromatic heterocycles. The van der Waals surface area contributed by atoms with Crippen molar-refractivity contribution in [3.05, 3.63) is 28.7 Å². The van der Waals surface area contributed by atoms with Gasteiger partial charge in [-0.2, -0.15) is 0 Å². The Hall–Kier alpha value is -1.65. The van der Waals surface area contributed by atoms with E-state index in [0.29, 0.717) is 24.1 Å². The zero-order chi connectivity index (χ0) is 8.72. The zero-order valence-corrected chi connectivity index (χ0v) is 6.24. The van der Waals surface area contributed by atoms with E-state index in [9.17, 15) is 10.0 Å². The van der Waals surface area contributed by atoms with Crippen LogP contribution < -0.4 is 4.90 Å². The maximum absolute atomic E-state index is 11.3. The minimum absolute atomic E-state index is 0.112. The third-order valence-electron chi connectivity index (χ3n) is 1.90. The number of nitrogens with zero attached hydrogens (tertiary/aromatic N) is 2. The van der Waals surface area contributed by atoms with E-state index in [4.69, 9.17) is 0 Å². The van der Waals surface area contributed by atoms with E-state index >= 15 is 0 Å². The maximum atomic E-state index is 11.3. The van der Waals surface area contributed by atoms with Gasteiger partial charge in [-0.25, -0.2) is 0 Å². The fourth-order valence-corrected chi connectivity index (χ4v) is 1.20. The van der Waals surface area contributed by atoms with Crippen LogP contribution in [0.1, 0.15) is 22.6 Å².